The molecule has 3 N–H and O–H groups in total. The molecule has 0 atom stereocenters. The Morgan fingerprint density at radius 3 is 3.06 bits per heavy atom. The van der Waals surface area contributed by atoms with Gasteiger partial charge in [-0.1, -0.05) is 11.8 Å². The maximum Gasteiger partial charge on any atom is 0.244 e. The van der Waals surface area contributed by atoms with Crippen molar-refractivity contribution in [1.82, 2.24) is 15.4 Å². The number of rotatable bonds is 5. The first-order valence-electron chi connectivity index (χ1n) is 5.39. The highest BCUT2D eigenvalue weighted by Gasteiger charge is 2.20. The molecule has 1 aliphatic rings. The zero-order chi connectivity index (χ0) is 13.0. The monoisotopic (exact) mass is 286 g/mol. The summed E-state index contributed by atoms with van der Waals surface area (Å²) in [7, 11) is 0. The standard InChI is InChI=1S/C10H14N4O2S2/c1-6-2-9(16-7-3-17-4-7)13-10(12-6)18-5-8(15)14-11/h2,7H,3-5,11H2,1H3,(H,14,15). The molecule has 8 heteroatoms. The topological polar surface area (TPSA) is 90.1 Å². The summed E-state index contributed by atoms with van der Waals surface area (Å²) < 4.78 is 5.69. The Kier molecular flexibility index (Phi) is 4.67. The first kappa shape index (κ1) is 13.4. The highest BCUT2D eigenvalue weighted by Crippen LogP contribution is 2.24. The molecule has 1 aromatic rings. The lowest BCUT2D eigenvalue weighted by Crippen LogP contribution is -2.32. The van der Waals surface area contributed by atoms with Crippen LogP contribution < -0.4 is 16.0 Å². The molecule has 0 aromatic carbocycles. The fourth-order valence-electron chi connectivity index (χ4n) is 1.26. The van der Waals surface area contributed by atoms with E-state index >= 15 is 0 Å². The van der Waals surface area contributed by atoms with E-state index in [0.717, 1.165) is 17.2 Å². The van der Waals surface area contributed by atoms with Crippen molar-refractivity contribution in [2.24, 2.45) is 5.84 Å². The van der Waals surface area contributed by atoms with Gasteiger partial charge in [-0.15, -0.1) is 0 Å². The summed E-state index contributed by atoms with van der Waals surface area (Å²) in [5, 5.41) is 0.528. The lowest BCUT2D eigenvalue weighted by atomic mass is 10.4. The number of amides is 1. The molecule has 98 valence electrons. The van der Waals surface area contributed by atoms with Crippen molar-refractivity contribution in [3.05, 3.63) is 11.8 Å². The average Bonchev–Trinajstić information content (AvgIpc) is 2.30. The molecular weight excluding hydrogens is 272 g/mol. The quantitative estimate of drug-likeness (QED) is 0.265. The van der Waals surface area contributed by atoms with Gasteiger partial charge in [-0.25, -0.2) is 10.8 Å². The van der Waals surface area contributed by atoms with Crippen molar-refractivity contribution < 1.29 is 9.53 Å². The number of aryl methyl sites for hydroxylation is 1. The maximum absolute atomic E-state index is 11.0. The summed E-state index contributed by atoms with van der Waals surface area (Å²) in [5.41, 5.74) is 2.89. The number of nitrogens with one attached hydrogen (secondary N) is 1. The second kappa shape index (κ2) is 6.26. The average molecular weight is 286 g/mol. The fraction of sp³-hybridized carbons (Fsp3) is 0.500. The van der Waals surface area contributed by atoms with Gasteiger partial charge in [0.15, 0.2) is 5.16 Å². The van der Waals surface area contributed by atoms with Gasteiger partial charge in [0.05, 0.1) is 5.75 Å². The van der Waals surface area contributed by atoms with Crippen molar-refractivity contribution in [2.75, 3.05) is 17.3 Å². The van der Waals surface area contributed by atoms with E-state index in [1.54, 1.807) is 6.07 Å². The number of carbonyl (C=O) groups is 1. The highest BCUT2D eigenvalue weighted by atomic mass is 32.2. The van der Waals surface area contributed by atoms with Crippen LogP contribution in [0.5, 0.6) is 5.88 Å². The summed E-state index contributed by atoms with van der Waals surface area (Å²) in [5.74, 6) is 7.51. The number of nitrogens with zero attached hydrogens (tertiary/aromatic N) is 2. The molecule has 1 fully saturated rings. The number of carbonyl (C=O) groups excluding carboxylic acids is 1. The molecule has 1 aliphatic heterocycles. The molecule has 2 heterocycles. The predicted molar refractivity (Wildman–Crippen MR) is 71.6 cm³/mol. The minimum Gasteiger partial charge on any atom is -0.472 e. The number of hydrazine groups is 1. The zero-order valence-electron chi connectivity index (χ0n) is 9.88. The van der Waals surface area contributed by atoms with E-state index in [4.69, 9.17) is 10.6 Å². The van der Waals surface area contributed by atoms with Gasteiger partial charge in [0.2, 0.25) is 11.8 Å². The van der Waals surface area contributed by atoms with Gasteiger partial charge in [0.1, 0.15) is 6.10 Å². The van der Waals surface area contributed by atoms with Gasteiger partial charge < -0.3 is 4.74 Å². The Labute approximate surface area is 113 Å². The van der Waals surface area contributed by atoms with Crippen LogP contribution in [0.3, 0.4) is 0 Å². The Morgan fingerprint density at radius 2 is 2.44 bits per heavy atom. The predicted octanol–water partition coefficient (Wildman–Crippen LogP) is 0.361. The molecule has 18 heavy (non-hydrogen) atoms. The van der Waals surface area contributed by atoms with Gasteiger partial charge in [-0.2, -0.15) is 16.7 Å². The molecule has 1 amide bonds. The Balaban J connectivity index is 1.98. The van der Waals surface area contributed by atoms with Gasteiger partial charge in [-0.3, -0.25) is 10.2 Å². The number of aromatic nitrogens is 2. The Morgan fingerprint density at radius 1 is 1.67 bits per heavy atom. The van der Waals surface area contributed by atoms with Crippen LogP contribution >= 0.6 is 23.5 Å². The molecular formula is C10H14N4O2S2. The van der Waals surface area contributed by atoms with Gasteiger partial charge in [0.25, 0.3) is 0 Å². The van der Waals surface area contributed by atoms with E-state index < -0.39 is 0 Å². The van der Waals surface area contributed by atoms with Crippen LogP contribution in [0, 0.1) is 6.92 Å². The maximum atomic E-state index is 11.0. The van der Waals surface area contributed by atoms with Crippen LogP contribution in [0.2, 0.25) is 0 Å². The van der Waals surface area contributed by atoms with Crippen LogP contribution in [0.15, 0.2) is 11.2 Å². The molecule has 0 aliphatic carbocycles. The number of ether oxygens (including phenoxy) is 1. The largest absolute Gasteiger partial charge is 0.472 e. The third kappa shape index (κ3) is 3.76. The SMILES string of the molecule is Cc1cc(OC2CSC2)nc(SCC(=O)NN)n1. The van der Waals surface area contributed by atoms with Crippen molar-refractivity contribution in [3.63, 3.8) is 0 Å². The summed E-state index contributed by atoms with van der Waals surface area (Å²) in [6.07, 6.45) is 0.245. The second-order valence-electron chi connectivity index (χ2n) is 3.76. The van der Waals surface area contributed by atoms with Gasteiger partial charge >= 0.3 is 0 Å². The lowest BCUT2D eigenvalue weighted by molar-refractivity contribution is -0.118. The van der Waals surface area contributed by atoms with Crippen LogP contribution in [-0.4, -0.2) is 39.2 Å². The molecule has 1 aromatic heterocycles. The van der Waals surface area contributed by atoms with E-state index in [2.05, 4.69) is 15.4 Å². The minimum atomic E-state index is -0.261. The van der Waals surface area contributed by atoms with E-state index in [0.29, 0.717) is 11.0 Å². The number of nitrogens with two attached hydrogens (primary N) is 1. The van der Waals surface area contributed by atoms with Crippen LogP contribution in [0.4, 0.5) is 0 Å². The third-order valence-corrected chi connectivity index (χ3v) is 4.26. The Bertz CT molecular complexity index is 440. The fourth-order valence-corrected chi connectivity index (χ4v) is 2.53. The Hall–Kier alpha value is -0.990. The third-order valence-electron chi connectivity index (χ3n) is 2.20. The van der Waals surface area contributed by atoms with E-state index in [-0.39, 0.29) is 17.8 Å². The van der Waals surface area contributed by atoms with Crippen molar-refractivity contribution in [2.45, 2.75) is 18.2 Å². The second-order valence-corrected chi connectivity index (χ2v) is 5.78. The molecule has 0 bridgehead atoms. The molecule has 0 unspecified atom stereocenters. The number of hydrogen-bond acceptors (Lipinski definition) is 7. The van der Waals surface area contributed by atoms with E-state index in [1.807, 2.05) is 18.7 Å². The minimum absolute atomic E-state index is 0.193. The van der Waals surface area contributed by atoms with E-state index in [9.17, 15) is 4.79 Å². The normalized spacial score (nSPS) is 15.0. The first-order valence-corrected chi connectivity index (χ1v) is 7.53. The van der Waals surface area contributed by atoms with Gasteiger partial charge in [0, 0.05) is 23.3 Å². The van der Waals surface area contributed by atoms with Crippen LogP contribution in [0.1, 0.15) is 5.69 Å². The summed E-state index contributed by atoms with van der Waals surface area (Å²) >= 11 is 3.08. The number of thioether (sulfide) groups is 2. The summed E-state index contributed by atoms with van der Waals surface area (Å²) in [6.45, 7) is 1.87. The lowest BCUT2D eigenvalue weighted by Gasteiger charge is -2.25. The number of hydrogen-bond donors (Lipinski definition) is 2. The van der Waals surface area contributed by atoms with Crippen molar-refractivity contribution >= 4 is 29.4 Å². The smallest absolute Gasteiger partial charge is 0.244 e. The molecule has 0 saturated carbocycles. The van der Waals surface area contributed by atoms with Crippen LogP contribution in [-0.2, 0) is 4.79 Å². The molecule has 1 saturated heterocycles. The zero-order valence-corrected chi connectivity index (χ0v) is 11.5. The first-order chi connectivity index (χ1) is 8.67. The molecule has 2 rings (SSSR count). The molecule has 0 radical (unpaired) electrons. The summed E-state index contributed by atoms with van der Waals surface area (Å²) in [4.78, 5) is 19.5. The summed E-state index contributed by atoms with van der Waals surface area (Å²) in [6, 6.07) is 1.80. The van der Waals surface area contributed by atoms with Crippen LogP contribution in [0.25, 0.3) is 0 Å². The van der Waals surface area contributed by atoms with Gasteiger partial charge in [-0.05, 0) is 6.92 Å². The van der Waals surface area contributed by atoms with Crippen molar-refractivity contribution in [3.8, 4) is 5.88 Å². The highest BCUT2D eigenvalue weighted by molar-refractivity contribution is 8.00. The van der Waals surface area contributed by atoms with E-state index in [1.165, 1.54) is 11.8 Å². The molecule has 0 spiro atoms. The molecule has 6 nitrogen and oxygen atoms in total. The van der Waals surface area contributed by atoms with Crippen molar-refractivity contribution in [1.29, 1.82) is 0 Å².